The van der Waals surface area contributed by atoms with Crippen molar-refractivity contribution in [3.05, 3.63) is 71.4 Å². The van der Waals surface area contributed by atoms with E-state index in [1.54, 1.807) is 43.6 Å². The van der Waals surface area contributed by atoms with Crippen molar-refractivity contribution >= 4 is 28.3 Å². The van der Waals surface area contributed by atoms with E-state index in [1.807, 2.05) is 30.3 Å². The average Bonchev–Trinajstić information content (AvgIpc) is 3.17. The van der Waals surface area contributed by atoms with Crippen molar-refractivity contribution in [3.8, 4) is 11.3 Å². The number of halogens is 1. The van der Waals surface area contributed by atoms with Gasteiger partial charge in [0.15, 0.2) is 5.13 Å². The van der Waals surface area contributed by atoms with Gasteiger partial charge in [-0.15, -0.1) is 11.3 Å². The molecule has 3 rings (SSSR count). The molecule has 8 heteroatoms. The van der Waals surface area contributed by atoms with E-state index in [-0.39, 0.29) is 24.2 Å². The molecule has 0 bridgehead atoms. The van der Waals surface area contributed by atoms with E-state index >= 15 is 0 Å². The van der Waals surface area contributed by atoms with Crippen molar-refractivity contribution in [2.75, 3.05) is 33.0 Å². The highest BCUT2D eigenvalue weighted by Crippen LogP contribution is 2.27. The first-order valence-electron chi connectivity index (χ1n) is 9.33. The normalized spacial score (nSPS) is 11.9. The molecule has 1 unspecified atom stereocenters. The molecule has 3 aromatic rings. The van der Waals surface area contributed by atoms with Gasteiger partial charge in [0.05, 0.1) is 12.2 Å². The third kappa shape index (κ3) is 5.28. The van der Waals surface area contributed by atoms with Crippen LogP contribution in [-0.2, 0) is 9.59 Å². The van der Waals surface area contributed by atoms with Crippen molar-refractivity contribution in [3.63, 3.8) is 0 Å². The lowest BCUT2D eigenvalue weighted by atomic mass is 10.0. The minimum absolute atomic E-state index is 0.0959. The maximum absolute atomic E-state index is 13.1. The number of carbonyl (C=O) groups excluding carboxylic acids is 2. The van der Waals surface area contributed by atoms with Gasteiger partial charge < -0.3 is 10.2 Å². The number of benzene rings is 2. The van der Waals surface area contributed by atoms with Gasteiger partial charge in [0.25, 0.3) is 0 Å². The molecule has 0 saturated carbocycles. The SMILES string of the molecule is CN(C)C(=O)CN(C)C(C(=O)Nc1nc(-c2ccc(F)cc2)cs1)c1ccccc1. The van der Waals surface area contributed by atoms with E-state index in [0.717, 1.165) is 11.1 Å². The molecule has 30 heavy (non-hydrogen) atoms. The fourth-order valence-corrected chi connectivity index (χ4v) is 3.67. The number of amides is 2. The van der Waals surface area contributed by atoms with E-state index in [4.69, 9.17) is 0 Å². The minimum atomic E-state index is -0.659. The zero-order valence-corrected chi connectivity index (χ0v) is 17.8. The number of carbonyl (C=O) groups is 2. The molecule has 0 spiro atoms. The second-order valence-corrected chi connectivity index (χ2v) is 7.91. The van der Waals surface area contributed by atoms with E-state index in [2.05, 4.69) is 10.3 Å². The van der Waals surface area contributed by atoms with Gasteiger partial charge in [0, 0.05) is 25.0 Å². The Hall–Kier alpha value is -3.10. The summed E-state index contributed by atoms with van der Waals surface area (Å²) >= 11 is 1.29. The Morgan fingerprint density at radius 2 is 1.73 bits per heavy atom. The van der Waals surface area contributed by atoms with Crippen molar-refractivity contribution in [1.82, 2.24) is 14.8 Å². The summed E-state index contributed by atoms with van der Waals surface area (Å²) in [6.45, 7) is 0.0959. The summed E-state index contributed by atoms with van der Waals surface area (Å²) in [7, 11) is 5.10. The van der Waals surface area contributed by atoms with Crippen LogP contribution in [0.4, 0.5) is 9.52 Å². The predicted octanol–water partition coefficient (Wildman–Crippen LogP) is 3.65. The van der Waals surface area contributed by atoms with Gasteiger partial charge in [0.1, 0.15) is 11.9 Å². The van der Waals surface area contributed by atoms with Gasteiger partial charge in [-0.05, 0) is 36.9 Å². The number of nitrogens with one attached hydrogen (secondary N) is 1. The molecule has 0 fully saturated rings. The first-order valence-corrected chi connectivity index (χ1v) is 10.2. The molecule has 1 aromatic heterocycles. The van der Waals surface area contributed by atoms with Gasteiger partial charge in [-0.1, -0.05) is 30.3 Å². The Morgan fingerprint density at radius 1 is 1.07 bits per heavy atom. The second-order valence-electron chi connectivity index (χ2n) is 7.05. The first-order chi connectivity index (χ1) is 14.3. The fourth-order valence-electron chi connectivity index (χ4n) is 2.95. The van der Waals surface area contributed by atoms with Crippen molar-refractivity contribution in [1.29, 1.82) is 0 Å². The summed E-state index contributed by atoms with van der Waals surface area (Å²) in [5, 5.41) is 5.10. The van der Waals surface area contributed by atoms with Gasteiger partial charge in [-0.25, -0.2) is 9.37 Å². The number of hydrogen-bond donors (Lipinski definition) is 1. The summed E-state index contributed by atoms with van der Waals surface area (Å²) in [4.78, 5) is 33.0. The van der Waals surface area contributed by atoms with Crippen LogP contribution in [0.5, 0.6) is 0 Å². The summed E-state index contributed by atoms with van der Waals surface area (Å²) in [6, 6.07) is 14.7. The lowest BCUT2D eigenvalue weighted by molar-refractivity contribution is -0.131. The molecule has 2 amide bonds. The highest BCUT2D eigenvalue weighted by molar-refractivity contribution is 7.14. The predicted molar refractivity (Wildman–Crippen MR) is 117 cm³/mol. The molecule has 6 nitrogen and oxygen atoms in total. The van der Waals surface area contributed by atoms with E-state index in [1.165, 1.54) is 28.4 Å². The summed E-state index contributed by atoms with van der Waals surface area (Å²) in [5.74, 6) is -0.696. The quantitative estimate of drug-likeness (QED) is 0.626. The highest BCUT2D eigenvalue weighted by Gasteiger charge is 2.27. The van der Waals surface area contributed by atoms with Crippen LogP contribution in [0.2, 0.25) is 0 Å². The van der Waals surface area contributed by atoms with Gasteiger partial charge in [-0.3, -0.25) is 14.5 Å². The van der Waals surface area contributed by atoms with Crippen molar-refractivity contribution in [2.24, 2.45) is 0 Å². The Kier molecular flexibility index (Phi) is 6.91. The van der Waals surface area contributed by atoms with Crippen LogP contribution >= 0.6 is 11.3 Å². The molecule has 1 heterocycles. The maximum Gasteiger partial charge on any atom is 0.248 e. The number of thiazole rings is 1. The molecule has 2 aromatic carbocycles. The van der Waals surface area contributed by atoms with Crippen molar-refractivity contribution < 1.29 is 14.0 Å². The zero-order chi connectivity index (χ0) is 21.7. The second kappa shape index (κ2) is 9.60. The molecular formula is C22H23FN4O2S. The molecule has 1 N–H and O–H groups in total. The largest absolute Gasteiger partial charge is 0.348 e. The van der Waals surface area contributed by atoms with Crippen LogP contribution in [-0.4, -0.2) is 54.3 Å². The van der Waals surface area contributed by atoms with E-state index in [9.17, 15) is 14.0 Å². The van der Waals surface area contributed by atoms with Crippen molar-refractivity contribution in [2.45, 2.75) is 6.04 Å². The summed E-state index contributed by atoms with van der Waals surface area (Å²) in [5.41, 5.74) is 2.20. The maximum atomic E-state index is 13.1. The Bertz CT molecular complexity index is 1010. The van der Waals surface area contributed by atoms with Crippen LogP contribution < -0.4 is 5.32 Å². The first kappa shape index (κ1) is 21.6. The Labute approximate surface area is 179 Å². The molecular weight excluding hydrogens is 403 g/mol. The number of aromatic nitrogens is 1. The molecule has 0 aliphatic heterocycles. The zero-order valence-electron chi connectivity index (χ0n) is 17.0. The average molecular weight is 427 g/mol. The third-order valence-electron chi connectivity index (χ3n) is 4.56. The molecule has 0 saturated heterocycles. The number of nitrogens with zero attached hydrogens (tertiary/aromatic N) is 3. The van der Waals surface area contributed by atoms with Gasteiger partial charge >= 0.3 is 0 Å². The number of likely N-dealkylation sites (N-methyl/N-ethyl adjacent to an activating group) is 2. The van der Waals surface area contributed by atoms with Crippen LogP contribution in [0.3, 0.4) is 0 Å². The van der Waals surface area contributed by atoms with E-state index < -0.39 is 6.04 Å². The molecule has 0 aliphatic rings. The van der Waals surface area contributed by atoms with E-state index in [0.29, 0.717) is 10.8 Å². The molecule has 0 radical (unpaired) electrons. The summed E-state index contributed by atoms with van der Waals surface area (Å²) in [6.07, 6.45) is 0. The molecule has 0 aliphatic carbocycles. The van der Waals surface area contributed by atoms with Crippen LogP contribution in [0.15, 0.2) is 60.0 Å². The number of hydrogen-bond acceptors (Lipinski definition) is 5. The smallest absolute Gasteiger partial charge is 0.248 e. The Morgan fingerprint density at radius 3 is 2.37 bits per heavy atom. The lowest BCUT2D eigenvalue weighted by Crippen LogP contribution is -2.41. The molecule has 1 atom stereocenters. The topological polar surface area (TPSA) is 65.5 Å². The number of anilines is 1. The lowest BCUT2D eigenvalue weighted by Gasteiger charge is -2.27. The van der Waals surface area contributed by atoms with Gasteiger partial charge in [-0.2, -0.15) is 0 Å². The number of rotatable bonds is 7. The minimum Gasteiger partial charge on any atom is -0.348 e. The third-order valence-corrected chi connectivity index (χ3v) is 5.32. The standard InChI is InChI=1S/C22H23FN4O2S/c1-26(2)19(28)13-27(3)20(16-7-5-4-6-8-16)21(29)25-22-24-18(14-30-22)15-9-11-17(23)12-10-15/h4-12,14,20H,13H2,1-3H3,(H,24,25,29). The van der Waals surface area contributed by atoms with Crippen LogP contribution in [0.1, 0.15) is 11.6 Å². The highest BCUT2D eigenvalue weighted by atomic mass is 32.1. The summed E-state index contributed by atoms with van der Waals surface area (Å²) < 4.78 is 13.1. The Balaban J connectivity index is 1.80. The monoisotopic (exact) mass is 426 g/mol. The molecule has 156 valence electrons. The van der Waals surface area contributed by atoms with Crippen LogP contribution in [0.25, 0.3) is 11.3 Å². The fraction of sp³-hybridized carbons (Fsp3) is 0.227. The van der Waals surface area contributed by atoms with Gasteiger partial charge in [0.2, 0.25) is 11.8 Å². The van der Waals surface area contributed by atoms with Crippen LogP contribution in [0, 0.1) is 5.82 Å².